The number of aromatic nitrogens is 2. The molecule has 2 aromatic carbocycles. The van der Waals surface area contributed by atoms with Crippen LogP contribution < -0.4 is 22.6 Å². The van der Waals surface area contributed by atoms with E-state index in [0.717, 1.165) is 22.5 Å². The first kappa shape index (κ1) is 21.4. The van der Waals surface area contributed by atoms with Gasteiger partial charge in [-0.25, -0.2) is 4.98 Å². The SMILES string of the molecule is CC(C)N(C(=O)Cn1c(CCNC=O)nc2ccccc21)c1ccccc1.[Cl-]. The predicted octanol–water partition coefficient (Wildman–Crippen LogP) is -0.230. The number of rotatable bonds is 8. The summed E-state index contributed by atoms with van der Waals surface area (Å²) in [4.78, 5) is 30.2. The standard InChI is InChI=1S/C21H24N4O2.ClH/c1-16(2)25(17-8-4-3-5-9-17)21(27)14-24-19-11-7-6-10-18(19)23-20(24)12-13-22-15-26;/h3-11,15-16H,12-14H2,1-2H3,(H,22,26);1H/p-1. The van der Waals surface area contributed by atoms with Crippen molar-refractivity contribution in [3.63, 3.8) is 0 Å². The van der Waals surface area contributed by atoms with Crippen LogP contribution >= 0.6 is 0 Å². The zero-order valence-electron chi connectivity index (χ0n) is 16.0. The number of benzene rings is 2. The molecule has 0 aliphatic carbocycles. The average Bonchev–Trinajstić information content (AvgIpc) is 3.00. The third kappa shape index (κ3) is 4.70. The summed E-state index contributed by atoms with van der Waals surface area (Å²) in [5, 5.41) is 2.66. The third-order valence-corrected chi connectivity index (χ3v) is 4.42. The number of hydrogen-bond donors (Lipinski definition) is 1. The molecule has 0 fully saturated rings. The Hall–Kier alpha value is -2.86. The van der Waals surface area contributed by atoms with Crippen molar-refractivity contribution in [1.29, 1.82) is 0 Å². The van der Waals surface area contributed by atoms with Gasteiger partial charge in [0.2, 0.25) is 12.3 Å². The van der Waals surface area contributed by atoms with E-state index in [1.165, 1.54) is 0 Å². The van der Waals surface area contributed by atoms with Gasteiger partial charge in [-0.2, -0.15) is 0 Å². The smallest absolute Gasteiger partial charge is 0.247 e. The number of hydrogen-bond acceptors (Lipinski definition) is 3. The molecule has 0 spiro atoms. The van der Waals surface area contributed by atoms with Gasteiger partial charge in [-0.1, -0.05) is 30.3 Å². The molecule has 2 amide bonds. The molecule has 0 aliphatic rings. The van der Waals surface area contributed by atoms with E-state index in [9.17, 15) is 9.59 Å². The summed E-state index contributed by atoms with van der Waals surface area (Å²) in [6.45, 7) is 4.69. The van der Waals surface area contributed by atoms with Crippen LogP contribution in [-0.4, -0.2) is 34.5 Å². The number of nitrogens with one attached hydrogen (secondary N) is 1. The highest BCUT2D eigenvalue weighted by atomic mass is 35.5. The molecule has 3 rings (SSSR count). The van der Waals surface area contributed by atoms with Gasteiger partial charge in [-0.05, 0) is 38.1 Å². The number of imidazole rings is 1. The van der Waals surface area contributed by atoms with E-state index in [-0.39, 0.29) is 30.9 Å². The van der Waals surface area contributed by atoms with Crippen molar-refractivity contribution in [2.75, 3.05) is 11.4 Å². The Bertz CT molecular complexity index is 925. The van der Waals surface area contributed by atoms with E-state index in [1.807, 2.05) is 77.9 Å². The molecular weight excluding hydrogens is 376 g/mol. The number of halogens is 1. The third-order valence-electron chi connectivity index (χ3n) is 4.42. The minimum Gasteiger partial charge on any atom is -1.00 e. The van der Waals surface area contributed by atoms with E-state index >= 15 is 0 Å². The maximum absolute atomic E-state index is 13.2. The Morgan fingerprint density at radius 2 is 1.82 bits per heavy atom. The maximum Gasteiger partial charge on any atom is 0.247 e. The van der Waals surface area contributed by atoms with E-state index in [2.05, 4.69) is 10.3 Å². The number of anilines is 1. The van der Waals surface area contributed by atoms with Crippen LogP contribution in [0.5, 0.6) is 0 Å². The highest BCUT2D eigenvalue weighted by molar-refractivity contribution is 5.94. The van der Waals surface area contributed by atoms with Crippen LogP contribution in [-0.2, 0) is 22.6 Å². The van der Waals surface area contributed by atoms with Crippen LogP contribution in [0.25, 0.3) is 11.0 Å². The first-order valence-electron chi connectivity index (χ1n) is 9.10. The first-order chi connectivity index (χ1) is 13.1. The summed E-state index contributed by atoms with van der Waals surface area (Å²) in [6.07, 6.45) is 1.24. The Labute approximate surface area is 171 Å². The fourth-order valence-electron chi connectivity index (χ4n) is 3.27. The summed E-state index contributed by atoms with van der Waals surface area (Å²) in [5.74, 6) is 0.791. The van der Waals surface area contributed by atoms with Gasteiger partial charge in [0.1, 0.15) is 12.4 Å². The number of para-hydroxylation sites is 3. The van der Waals surface area contributed by atoms with Gasteiger partial charge in [-0.15, -0.1) is 0 Å². The van der Waals surface area contributed by atoms with Crippen LogP contribution in [0, 0.1) is 0 Å². The van der Waals surface area contributed by atoms with Gasteiger partial charge in [0, 0.05) is 24.7 Å². The van der Waals surface area contributed by atoms with Crippen molar-refractivity contribution in [2.45, 2.75) is 32.9 Å². The van der Waals surface area contributed by atoms with Crippen molar-refractivity contribution < 1.29 is 22.0 Å². The van der Waals surface area contributed by atoms with Crippen molar-refractivity contribution in [3.05, 3.63) is 60.4 Å². The number of carbonyl (C=O) groups excluding carboxylic acids is 2. The molecule has 0 saturated carbocycles. The molecule has 0 unspecified atom stereocenters. The Morgan fingerprint density at radius 3 is 2.50 bits per heavy atom. The van der Waals surface area contributed by atoms with Crippen LogP contribution in [0.2, 0.25) is 0 Å². The molecule has 28 heavy (non-hydrogen) atoms. The molecule has 6 nitrogen and oxygen atoms in total. The Balaban J connectivity index is 0.00000280. The molecule has 0 bridgehead atoms. The lowest BCUT2D eigenvalue weighted by Gasteiger charge is -2.27. The van der Waals surface area contributed by atoms with Gasteiger partial charge in [0.15, 0.2) is 0 Å². The Morgan fingerprint density at radius 1 is 1.14 bits per heavy atom. The zero-order chi connectivity index (χ0) is 19.2. The summed E-state index contributed by atoms with van der Waals surface area (Å²) in [6, 6.07) is 17.5. The van der Waals surface area contributed by atoms with Crippen LogP contribution in [0.3, 0.4) is 0 Å². The van der Waals surface area contributed by atoms with Crippen LogP contribution in [0.1, 0.15) is 19.7 Å². The van der Waals surface area contributed by atoms with Gasteiger partial charge >= 0.3 is 0 Å². The molecule has 7 heteroatoms. The van der Waals surface area contributed by atoms with Crippen molar-refractivity contribution >= 4 is 29.0 Å². The molecule has 1 N–H and O–H groups in total. The quantitative estimate of drug-likeness (QED) is 0.420. The summed E-state index contributed by atoms with van der Waals surface area (Å²) < 4.78 is 1.95. The average molecular weight is 400 g/mol. The molecule has 0 radical (unpaired) electrons. The monoisotopic (exact) mass is 399 g/mol. The van der Waals surface area contributed by atoms with Gasteiger partial charge in [0.25, 0.3) is 0 Å². The van der Waals surface area contributed by atoms with E-state index in [1.54, 1.807) is 0 Å². The van der Waals surface area contributed by atoms with Crippen LogP contribution in [0.15, 0.2) is 54.6 Å². The highest BCUT2D eigenvalue weighted by Gasteiger charge is 2.21. The molecule has 0 saturated heterocycles. The molecular formula is C21H24ClN4O2-. The molecule has 3 aromatic rings. The second kappa shape index (κ2) is 9.90. The normalized spacial score (nSPS) is 10.5. The van der Waals surface area contributed by atoms with Crippen LogP contribution in [0.4, 0.5) is 5.69 Å². The van der Waals surface area contributed by atoms with Crippen molar-refractivity contribution in [2.24, 2.45) is 0 Å². The van der Waals surface area contributed by atoms with Gasteiger partial charge < -0.3 is 27.2 Å². The van der Waals surface area contributed by atoms with Crippen molar-refractivity contribution in [3.8, 4) is 0 Å². The second-order valence-corrected chi connectivity index (χ2v) is 6.62. The number of nitrogens with zero attached hydrogens (tertiary/aromatic N) is 3. The Kier molecular flexibility index (Phi) is 7.58. The molecule has 148 valence electrons. The molecule has 1 heterocycles. The lowest BCUT2D eigenvalue weighted by Crippen LogP contribution is -3.00. The zero-order valence-corrected chi connectivity index (χ0v) is 16.8. The fourth-order valence-corrected chi connectivity index (χ4v) is 3.27. The predicted molar refractivity (Wildman–Crippen MR) is 107 cm³/mol. The largest absolute Gasteiger partial charge is 1.00 e. The van der Waals surface area contributed by atoms with Gasteiger partial charge in [-0.3, -0.25) is 9.59 Å². The van der Waals surface area contributed by atoms with Crippen molar-refractivity contribution in [1.82, 2.24) is 14.9 Å². The minimum absolute atomic E-state index is 0. The summed E-state index contributed by atoms with van der Waals surface area (Å²) in [5.41, 5.74) is 2.65. The fraction of sp³-hybridized carbons (Fsp3) is 0.286. The number of carbonyl (C=O) groups is 2. The molecule has 0 aliphatic heterocycles. The van der Waals surface area contributed by atoms with E-state index < -0.39 is 0 Å². The minimum atomic E-state index is 0. The number of fused-ring (bicyclic) bond motifs is 1. The summed E-state index contributed by atoms with van der Waals surface area (Å²) in [7, 11) is 0. The first-order valence-corrected chi connectivity index (χ1v) is 9.10. The summed E-state index contributed by atoms with van der Waals surface area (Å²) >= 11 is 0. The molecule has 0 atom stereocenters. The lowest BCUT2D eigenvalue weighted by atomic mass is 10.2. The number of amides is 2. The van der Waals surface area contributed by atoms with E-state index in [4.69, 9.17) is 0 Å². The van der Waals surface area contributed by atoms with E-state index in [0.29, 0.717) is 19.4 Å². The second-order valence-electron chi connectivity index (χ2n) is 6.62. The van der Waals surface area contributed by atoms with Gasteiger partial charge in [0.05, 0.1) is 11.0 Å². The maximum atomic E-state index is 13.2. The highest BCUT2D eigenvalue weighted by Crippen LogP contribution is 2.20. The lowest BCUT2D eigenvalue weighted by molar-refractivity contribution is -0.119. The topological polar surface area (TPSA) is 67.2 Å². The molecule has 1 aromatic heterocycles.